The second-order valence-electron chi connectivity index (χ2n) is 24.3. The summed E-state index contributed by atoms with van der Waals surface area (Å²) in [5, 5.41) is 155. The van der Waals surface area contributed by atoms with Crippen LogP contribution in [-0.4, -0.2) is 284 Å². The summed E-state index contributed by atoms with van der Waals surface area (Å²) in [4.78, 5) is 0. The van der Waals surface area contributed by atoms with Crippen molar-refractivity contribution in [2.24, 2.45) is 46.3 Å². The Morgan fingerprint density at radius 3 is 1.46 bits per heavy atom. The zero-order valence-corrected chi connectivity index (χ0v) is 46.4. The minimum Gasteiger partial charge on any atom is -0.394 e. The van der Waals surface area contributed by atoms with Crippen molar-refractivity contribution in [3.8, 4) is 0 Å². The highest BCUT2D eigenvalue weighted by molar-refractivity contribution is 5.15. The van der Waals surface area contributed by atoms with Crippen LogP contribution in [0.2, 0.25) is 0 Å². The van der Waals surface area contributed by atoms with E-state index in [-0.39, 0.29) is 92.5 Å². The molecule has 80 heavy (non-hydrogen) atoms. The maximum absolute atomic E-state index is 11.1. The SMILES string of the molecule is CCC[C@@H](C)[C@H]1CC[C@H]2[C@@H]3[C@H](OCCO[C@@H]4O[C@H](CO)[C@@H](O)[C@H](O)[C@H]4O)C[C@@H]4C[C@H](OCCO[C@@H]5O[C@H](CO)[C@@H](O[C@H]6O[C@H](CO)[C@@H](O)[C@H](O)[C@H]6O)[C@H](O)[C@H]5O)CC[C@]4(C)[C@H]3C[C@H](OCCO[C@@H]3O[C@H](CO)[C@@H](O)[C@H](O)[C@H]3O)[C@]12C. The van der Waals surface area contributed by atoms with Gasteiger partial charge >= 0.3 is 0 Å². The molecule has 0 unspecified atom stereocenters. The van der Waals surface area contributed by atoms with Crippen LogP contribution in [-0.2, 0) is 52.1 Å². The molecule has 0 radical (unpaired) electrons. The van der Waals surface area contributed by atoms with Crippen LogP contribution in [0.15, 0.2) is 0 Å². The van der Waals surface area contributed by atoms with Crippen LogP contribution >= 0.6 is 0 Å². The number of hydrogen-bond acceptors (Lipinski definition) is 26. The molecule has 466 valence electrons. The summed E-state index contributed by atoms with van der Waals surface area (Å²) in [6, 6.07) is 0. The van der Waals surface area contributed by atoms with Crippen LogP contribution in [0.4, 0.5) is 0 Å². The molecule has 0 bridgehead atoms. The molecule has 8 aliphatic rings. The molecular formula is C54H94O26. The van der Waals surface area contributed by atoms with E-state index in [1.807, 2.05) is 0 Å². The van der Waals surface area contributed by atoms with Gasteiger partial charge in [0.05, 0.1) is 84.4 Å². The second kappa shape index (κ2) is 28.2. The molecular weight excluding hydrogens is 1060 g/mol. The van der Waals surface area contributed by atoms with Crippen molar-refractivity contribution in [1.29, 1.82) is 0 Å². The highest BCUT2D eigenvalue weighted by Crippen LogP contribution is 2.69. The Morgan fingerprint density at radius 2 is 0.938 bits per heavy atom. The minimum atomic E-state index is -1.81. The van der Waals surface area contributed by atoms with Crippen molar-refractivity contribution in [3.63, 3.8) is 0 Å². The molecule has 26 heteroatoms. The van der Waals surface area contributed by atoms with Crippen molar-refractivity contribution in [2.45, 2.75) is 227 Å². The monoisotopic (exact) mass is 1160 g/mol. The molecule has 26 nitrogen and oxygen atoms in total. The molecule has 4 saturated heterocycles. The lowest BCUT2D eigenvalue weighted by atomic mass is 9.43. The molecule has 4 aliphatic heterocycles. The summed E-state index contributed by atoms with van der Waals surface area (Å²) in [5.41, 5.74) is -0.488. The highest BCUT2D eigenvalue weighted by Gasteiger charge is 2.67. The molecule has 0 aromatic rings. The third kappa shape index (κ3) is 13.1. The fourth-order valence-corrected chi connectivity index (χ4v) is 15.5. The van der Waals surface area contributed by atoms with Gasteiger partial charge in [-0.15, -0.1) is 0 Å². The number of hydrogen-bond donors (Lipinski definition) is 15. The lowest BCUT2D eigenvalue weighted by Gasteiger charge is -2.64. The van der Waals surface area contributed by atoms with Crippen LogP contribution in [0.5, 0.6) is 0 Å². The Balaban J connectivity index is 0.946. The first-order valence-corrected chi connectivity index (χ1v) is 29.1. The Labute approximate surface area is 466 Å². The maximum Gasteiger partial charge on any atom is 0.187 e. The number of fused-ring (bicyclic) bond motifs is 5. The van der Waals surface area contributed by atoms with E-state index < -0.39 is 149 Å². The van der Waals surface area contributed by atoms with Gasteiger partial charge in [-0.3, -0.25) is 0 Å². The summed E-state index contributed by atoms with van der Waals surface area (Å²) in [7, 11) is 0. The highest BCUT2D eigenvalue weighted by atomic mass is 16.7. The van der Waals surface area contributed by atoms with Crippen molar-refractivity contribution >= 4 is 0 Å². The topological polar surface area (TPSA) is 405 Å². The average molecular weight is 1160 g/mol. The smallest absolute Gasteiger partial charge is 0.187 e. The molecule has 4 saturated carbocycles. The summed E-state index contributed by atoms with van der Waals surface area (Å²) in [6.07, 6.45) is -23.1. The van der Waals surface area contributed by atoms with Crippen molar-refractivity contribution in [3.05, 3.63) is 0 Å². The lowest BCUT2D eigenvalue weighted by Crippen LogP contribution is -2.64. The normalized spacial score (nSPS) is 50.1. The predicted octanol–water partition coefficient (Wildman–Crippen LogP) is -4.27. The Kier molecular flexibility index (Phi) is 22.9. The summed E-state index contributed by atoms with van der Waals surface area (Å²) in [5.74, 6) is 1.20. The molecule has 4 heterocycles. The average Bonchev–Trinajstić information content (AvgIpc) is 3.93. The van der Waals surface area contributed by atoms with E-state index in [9.17, 15) is 76.6 Å². The minimum absolute atomic E-state index is 0.000921. The van der Waals surface area contributed by atoms with Crippen molar-refractivity contribution < 1.29 is 129 Å². The molecule has 0 amide bonds. The van der Waals surface area contributed by atoms with Gasteiger partial charge < -0.3 is 129 Å². The quantitative estimate of drug-likeness (QED) is 0.0407. The third-order valence-electron chi connectivity index (χ3n) is 19.9. The maximum atomic E-state index is 11.1. The summed E-state index contributed by atoms with van der Waals surface area (Å²) >= 11 is 0. The fourth-order valence-electron chi connectivity index (χ4n) is 15.5. The number of rotatable bonds is 24. The summed E-state index contributed by atoms with van der Waals surface area (Å²) in [6.45, 7) is 6.84. The zero-order chi connectivity index (χ0) is 58.0. The number of ether oxygens (including phenoxy) is 11. The van der Waals surface area contributed by atoms with Gasteiger partial charge in [-0.1, -0.05) is 40.5 Å². The fraction of sp³-hybridized carbons (Fsp3) is 1.00. The van der Waals surface area contributed by atoms with Gasteiger partial charge in [-0.2, -0.15) is 0 Å². The standard InChI is InChI=1S/C54H94O26/c1-5-6-24(2)27-7-8-28-36-29(19-35(54(27,28)4)72-13-16-75-50-45(67)41(63)38(60)32(21-56)77-50)53(3)10-9-26(17-25(53)18-30(36)71-12-15-74-49-44(66)40(62)37(59)31(20-55)76-49)70-11-14-73-51-47(69)43(65)48(34(23-58)79-51)80-52-46(68)42(64)39(61)33(22-57)78-52/h24-52,55-69H,5-23H2,1-4H3/t24-,25+,26-,27-,28+,29+,30-,31-,32-,33-,34-,35+,36+,37-,38-,39-,40+,41+,42+,43-,44-,45-,46-,47-,48-,49-,50-,51-,52-,53+,54-/m1/s1. The van der Waals surface area contributed by atoms with Gasteiger partial charge in [0.25, 0.3) is 0 Å². The second-order valence-corrected chi connectivity index (χ2v) is 24.3. The van der Waals surface area contributed by atoms with E-state index in [0.29, 0.717) is 31.1 Å². The first-order valence-electron chi connectivity index (χ1n) is 29.1. The third-order valence-corrected chi connectivity index (χ3v) is 19.9. The van der Waals surface area contributed by atoms with E-state index in [1.165, 1.54) is 0 Å². The molecule has 15 N–H and O–H groups in total. The van der Waals surface area contributed by atoms with E-state index in [1.54, 1.807) is 0 Å². The first-order chi connectivity index (χ1) is 38.2. The van der Waals surface area contributed by atoms with Crippen LogP contribution in [0.25, 0.3) is 0 Å². The van der Waals surface area contributed by atoms with Gasteiger partial charge in [-0.05, 0) is 85.9 Å². The summed E-state index contributed by atoms with van der Waals surface area (Å²) < 4.78 is 66.3. The van der Waals surface area contributed by atoms with Crippen molar-refractivity contribution in [1.82, 2.24) is 0 Å². The molecule has 31 atom stereocenters. The van der Waals surface area contributed by atoms with E-state index >= 15 is 0 Å². The Bertz CT molecular complexity index is 1870. The zero-order valence-electron chi connectivity index (χ0n) is 46.4. The van der Waals surface area contributed by atoms with Crippen LogP contribution < -0.4 is 0 Å². The van der Waals surface area contributed by atoms with E-state index in [2.05, 4.69) is 27.7 Å². The van der Waals surface area contributed by atoms with Gasteiger partial charge in [0.1, 0.15) is 97.7 Å². The molecule has 0 aromatic heterocycles. The van der Waals surface area contributed by atoms with Crippen molar-refractivity contribution in [2.75, 3.05) is 66.1 Å². The van der Waals surface area contributed by atoms with Crippen LogP contribution in [0, 0.1) is 46.3 Å². The Hall–Kier alpha value is -1.04. The van der Waals surface area contributed by atoms with Crippen LogP contribution in [0.3, 0.4) is 0 Å². The van der Waals surface area contributed by atoms with E-state index in [0.717, 1.165) is 38.5 Å². The predicted molar refractivity (Wildman–Crippen MR) is 271 cm³/mol. The van der Waals surface area contributed by atoms with Gasteiger partial charge in [-0.25, -0.2) is 0 Å². The molecule has 0 aromatic carbocycles. The van der Waals surface area contributed by atoms with Gasteiger partial charge in [0.15, 0.2) is 25.2 Å². The lowest BCUT2D eigenvalue weighted by molar-refractivity contribution is -0.359. The first kappa shape index (κ1) is 64.9. The van der Waals surface area contributed by atoms with E-state index in [4.69, 9.17) is 52.1 Å². The Morgan fingerprint density at radius 1 is 0.475 bits per heavy atom. The number of aliphatic hydroxyl groups excluding tert-OH is 15. The molecule has 8 fully saturated rings. The molecule has 4 aliphatic carbocycles. The molecule has 0 spiro atoms. The molecule has 8 rings (SSSR count). The van der Waals surface area contributed by atoms with Crippen LogP contribution in [0.1, 0.15) is 85.5 Å². The van der Waals surface area contributed by atoms with Gasteiger partial charge in [0.2, 0.25) is 0 Å². The largest absolute Gasteiger partial charge is 0.394 e. The number of aliphatic hydroxyl groups is 15. The van der Waals surface area contributed by atoms with Gasteiger partial charge in [0, 0.05) is 5.41 Å².